The van der Waals surface area contributed by atoms with Crippen molar-refractivity contribution in [2.45, 2.75) is 46.2 Å². The molecular weight excluding hydrogens is 562 g/mol. The summed E-state index contributed by atoms with van der Waals surface area (Å²) >= 11 is 13.1. The normalized spacial score (nSPS) is 22.4. The van der Waals surface area contributed by atoms with E-state index >= 15 is 0 Å². The molecule has 2 saturated heterocycles. The second-order valence-electron chi connectivity index (χ2n) is 11.8. The molecule has 0 aliphatic carbocycles. The molecule has 0 unspecified atom stereocenters. The summed E-state index contributed by atoms with van der Waals surface area (Å²) in [6, 6.07) is 22.6. The van der Waals surface area contributed by atoms with Crippen molar-refractivity contribution < 1.29 is 4.74 Å². The molecule has 2 aliphatic heterocycles. The molecule has 0 saturated carbocycles. The van der Waals surface area contributed by atoms with Crippen LogP contribution in [0, 0.1) is 25.7 Å². The lowest BCUT2D eigenvalue weighted by Gasteiger charge is -2.37. The van der Waals surface area contributed by atoms with Crippen LogP contribution in [0.25, 0.3) is 5.69 Å². The number of nitrogens with zero attached hydrogens (tertiary/aromatic N) is 4. The predicted octanol–water partition coefficient (Wildman–Crippen LogP) is 7.81. The van der Waals surface area contributed by atoms with Crippen LogP contribution in [0.2, 0.25) is 5.02 Å². The quantitative estimate of drug-likeness (QED) is 0.228. The molecule has 2 aliphatic rings. The summed E-state index contributed by atoms with van der Waals surface area (Å²) in [7, 11) is 1.70. The van der Waals surface area contributed by atoms with Gasteiger partial charge in [-0.2, -0.15) is 0 Å². The van der Waals surface area contributed by atoms with Gasteiger partial charge in [-0.3, -0.25) is 4.98 Å². The van der Waals surface area contributed by atoms with E-state index < -0.39 is 0 Å². The lowest BCUT2D eigenvalue weighted by Crippen LogP contribution is -2.38. The van der Waals surface area contributed by atoms with E-state index in [-0.39, 0.29) is 12.1 Å². The summed E-state index contributed by atoms with van der Waals surface area (Å²) in [6.45, 7) is 11.0. The number of hydrogen-bond acceptors (Lipinski definition) is 4. The van der Waals surface area contributed by atoms with Gasteiger partial charge in [0.2, 0.25) is 0 Å². The van der Waals surface area contributed by atoms with Gasteiger partial charge in [-0.05, 0) is 98.4 Å². The fraction of sp³-hybridized carbons (Fsp3) is 0.353. The summed E-state index contributed by atoms with van der Waals surface area (Å²) in [6.07, 6.45) is 3.09. The number of anilines is 2. The average Bonchev–Trinajstić information content (AvgIpc) is 3.47. The smallest absolute Gasteiger partial charge is 0.174 e. The number of nitrogens with one attached hydrogen (secondary N) is 1. The molecule has 6 rings (SSSR count). The van der Waals surface area contributed by atoms with Crippen molar-refractivity contribution >= 4 is 40.3 Å². The maximum absolute atomic E-state index is 7.04. The van der Waals surface area contributed by atoms with E-state index in [2.05, 4.69) is 89.8 Å². The van der Waals surface area contributed by atoms with Gasteiger partial charge in [0.05, 0.1) is 35.6 Å². The third kappa shape index (κ3) is 5.25. The fourth-order valence-electron chi connectivity index (χ4n) is 6.94. The first-order chi connectivity index (χ1) is 20.2. The largest absolute Gasteiger partial charge is 0.497 e. The van der Waals surface area contributed by atoms with Crippen molar-refractivity contribution in [3.8, 4) is 11.4 Å². The monoisotopic (exact) mass is 599 g/mol. The maximum atomic E-state index is 7.04. The summed E-state index contributed by atoms with van der Waals surface area (Å²) in [5, 5.41) is 5.01. The minimum atomic E-state index is -0.139. The number of hydrogen-bond donors (Lipinski definition) is 1. The number of rotatable bonds is 6. The molecular formula is C34H38ClN5OS. The zero-order valence-corrected chi connectivity index (χ0v) is 26.4. The Kier molecular flexibility index (Phi) is 7.90. The van der Waals surface area contributed by atoms with Gasteiger partial charge in [0.25, 0.3) is 0 Å². The highest BCUT2D eigenvalue weighted by Crippen LogP contribution is 2.45. The van der Waals surface area contributed by atoms with Gasteiger partial charge < -0.3 is 24.4 Å². The fourth-order valence-corrected chi connectivity index (χ4v) is 7.58. The van der Waals surface area contributed by atoms with Crippen molar-refractivity contribution in [3.05, 3.63) is 101 Å². The van der Waals surface area contributed by atoms with Crippen LogP contribution in [0.1, 0.15) is 55.0 Å². The Morgan fingerprint density at radius 1 is 0.952 bits per heavy atom. The Morgan fingerprint density at radius 3 is 2.43 bits per heavy atom. The van der Waals surface area contributed by atoms with Crippen molar-refractivity contribution in [2.24, 2.45) is 11.8 Å². The summed E-state index contributed by atoms with van der Waals surface area (Å²) in [5.74, 6) is 2.11. The Labute approximate surface area is 259 Å². The zero-order valence-electron chi connectivity index (χ0n) is 24.8. The number of piperidine rings is 1. The molecule has 0 amide bonds. The van der Waals surface area contributed by atoms with E-state index in [0.29, 0.717) is 16.9 Å². The number of aryl methyl sites for hydroxylation is 1. The highest BCUT2D eigenvalue weighted by atomic mass is 35.5. The number of halogens is 1. The van der Waals surface area contributed by atoms with Crippen molar-refractivity contribution in [2.75, 3.05) is 30.0 Å². The Bertz CT molecular complexity index is 1590. The van der Waals surface area contributed by atoms with E-state index in [0.717, 1.165) is 58.0 Å². The molecule has 4 heterocycles. The predicted molar refractivity (Wildman–Crippen MR) is 176 cm³/mol. The Morgan fingerprint density at radius 2 is 1.74 bits per heavy atom. The minimum absolute atomic E-state index is 0.130. The summed E-state index contributed by atoms with van der Waals surface area (Å²) in [5.41, 5.74) is 7.51. The lowest BCUT2D eigenvalue weighted by molar-refractivity contribution is 0.357. The van der Waals surface area contributed by atoms with Gasteiger partial charge in [-0.25, -0.2) is 0 Å². The van der Waals surface area contributed by atoms with Crippen LogP contribution < -0.4 is 19.9 Å². The Hall–Kier alpha value is -3.55. The topological polar surface area (TPSA) is 45.6 Å². The second kappa shape index (κ2) is 11.6. The van der Waals surface area contributed by atoms with Crippen LogP contribution in [0.3, 0.4) is 0 Å². The van der Waals surface area contributed by atoms with Crippen LogP contribution in [0.5, 0.6) is 5.75 Å². The van der Waals surface area contributed by atoms with Crippen molar-refractivity contribution in [1.82, 2.24) is 14.9 Å². The molecule has 42 heavy (non-hydrogen) atoms. The van der Waals surface area contributed by atoms with Gasteiger partial charge in [-0.1, -0.05) is 37.6 Å². The van der Waals surface area contributed by atoms with E-state index in [1.165, 1.54) is 12.0 Å². The van der Waals surface area contributed by atoms with Crippen molar-refractivity contribution in [1.29, 1.82) is 0 Å². The van der Waals surface area contributed by atoms with Gasteiger partial charge in [0.15, 0.2) is 5.11 Å². The molecule has 1 N–H and O–H groups in total. The van der Waals surface area contributed by atoms with Gasteiger partial charge >= 0.3 is 0 Å². The van der Waals surface area contributed by atoms with E-state index in [9.17, 15) is 0 Å². The Balaban J connectivity index is 1.44. The van der Waals surface area contributed by atoms with Gasteiger partial charge in [0, 0.05) is 48.1 Å². The molecule has 2 fully saturated rings. The first kappa shape index (κ1) is 28.6. The molecule has 0 bridgehead atoms. The highest BCUT2D eigenvalue weighted by molar-refractivity contribution is 7.80. The number of methoxy groups -OCH3 is 1. The molecule has 2 aromatic heterocycles. The third-order valence-electron chi connectivity index (χ3n) is 8.62. The van der Waals surface area contributed by atoms with E-state index in [1.807, 2.05) is 30.5 Å². The first-order valence-electron chi connectivity index (χ1n) is 14.6. The number of ether oxygens (including phenoxy) is 1. The molecule has 6 nitrogen and oxygen atoms in total. The molecule has 4 aromatic rings. The molecule has 218 valence electrons. The van der Waals surface area contributed by atoms with Crippen molar-refractivity contribution in [3.63, 3.8) is 0 Å². The van der Waals surface area contributed by atoms with Crippen LogP contribution in [0.4, 0.5) is 11.4 Å². The number of pyridine rings is 1. The third-order valence-corrected chi connectivity index (χ3v) is 9.23. The maximum Gasteiger partial charge on any atom is 0.174 e. The standard InChI is InChI=1S/C34H38ClN5OS/c1-21-15-22(2)20-38(19-21)31-13-12-26(18-29(31)35)40-33(32(37-34(40)42)30-11-6-7-14-36-30)28-16-23(3)39(24(28)4)25-9-8-10-27(17-25)41-5/h6-14,16-18,21-22,32-33H,15,19-20H2,1-5H3,(H,37,42)/t21-,22+,32-,33-/m0/s1. The highest BCUT2D eigenvalue weighted by Gasteiger charge is 2.42. The number of aromatic nitrogens is 2. The van der Waals surface area contributed by atoms with Crippen LogP contribution in [-0.2, 0) is 0 Å². The molecule has 2 aromatic carbocycles. The van der Waals surface area contributed by atoms with E-state index in [4.69, 9.17) is 33.5 Å². The molecule has 0 radical (unpaired) electrons. The summed E-state index contributed by atoms with van der Waals surface area (Å²) in [4.78, 5) is 9.38. The second-order valence-corrected chi connectivity index (χ2v) is 12.6. The van der Waals surface area contributed by atoms with Gasteiger partial charge in [-0.15, -0.1) is 0 Å². The van der Waals surface area contributed by atoms with E-state index in [1.54, 1.807) is 7.11 Å². The van der Waals surface area contributed by atoms with Crippen LogP contribution in [-0.4, -0.2) is 34.9 Å². The summed E-state index contributed by atoms with van der Waals surface area (Å²) < 4.78 is 7.81. The lowest BCUT2D eigenvalue weighted by atomic mass is 9.91. The van der Waals surface area contributed by atoms with Gasteiger partial charge in [0.1, 0.15) is 5.75 Å². The molecule has 0 spiro atoms. The molecule has 4 atom stereocenters. The number of thiocarbonyl (C=S) groups is 1. The number of benzene rings is 2. The minimum Gasteiger partial charge on any atom is -0.497 e. The molecule has 8 heteroatoms. The zero-order chi connectivity index (χ0) is 29.5. The SMILES string of the molecule is COc1cccc(-n2c(C)cc([C@H]3[C@H](c4ccccn4)NC(=S)N3c3ccc(N4C[C@H](C)C[C@H](C)C4)c(Cl)c3)c2C)c1. The first-order valence-corrected chi connectivity index (χ1v) is 15.4. The average molecular weight is 600 g/mol. The van der Waals surface area contributed by atoms with Crippen LogP contribution in [0.15, 0.2) is 72.9 Å². The van der Waals surface area contributed by atoms with Crippen LogP contribution >= 0.6 is 23.8 Å².